The third-order valence-electron chi connectivity index (χ3n) is 3.08. The van der Waals surface area contributed by atoms with Crippen molar-refractivity contribution in [1.29, 1.82) is 0 Å². The fraction of sp³-hybridized carbons (Fsp3) is 0.214. The van der Waals surface area contributed by atoms with E-state index in [-0.39, 0.29) is 5.02 Å². The molecule has 4 heteroatoms. The Kier molecular flexibility index (Phi) is 3.02. The maximum absolute atomic E-state index is 13.3. The Balaban J connectivity index is 2.12. The van der Waals surface area contributed by atoms with E-state index in [1.165, 1.54) is 11.6 Å². The first-order valence-corrected chi connectivity index (χ1v) is 6.14. The lowest BCUT2D eigenvalue weighted by molar-refractivity contribution is 0.161. The van der Waals surface area contributed by atoms with E-state index in [1.54, 1.807) is 12.3 Å². The van der Waals surface area contributed by atoms with Crippen LogP contribution in [0, 0.1) is 5.82 Å². The lowest BCUT2D eigenvalue weighted by Crippen LogP contribution is -2.04. The van der Waals surface area contributed by atoms with E-state index < -0.39 is 5.82 Å². The molecule has 2 nitrogen and oxygen atoms in total. The zero-order chi connectivity index (χ0) is 12.5. The van der Waals surface area contributed by atoms with Gasteiger partial charge >= 0.3 is 0 Å². The SMILES string of the molecule is Fc1ccc2cc(C3=CCOCC3)ncc2c1Cl. The Hall–Kier alpha value is -1.45. The van der Waals surface area contributed by atoms with E-state index >= 15 is 0 Å². The Labute approximate surface area is 109 Å². The van der Waals surface area contributed by atoms with Crippen LogP contribution in [0.3, 0.4) is 0 Å². The maximum Gasteiger partial charge on any atom is 0.142 e. The van der Waals surface area contributed by atoms with Crippen LogP contribution < -0.4 is 0 Å². The fourth-order valence-electron chi connectivity index (χ4n) is 2.09. The minimum Gasteiger partial charge on any atom is -0.377 e. The molecule has 0 bridgehead atoms. The topological polar surface area (TPSA) is 22.1 Å². The van der Waals surface area contributed by atoms with E-state index in [4.69, 9.17) is 16.3 Å². The minimum absolute atomic E-state index is 0.132. The zero-order valence-corrected chi connectivity index (χ0v) is 10.4. The highest BCUT2D eigenvalue weighted by Crippen LogP contribution is 2.28. The van der Waals surface area contributed by atoms with Crippen LogP contribution in [0.4, 0.5) is 4.39 Å². The highest BCUT2D eigenvalue weighted by Gasteiger charge is 2.10. The molecule has 92 valence electrons. The van der Waals surface area contributed by atoms with Gasteiger partial charge in [0.05, 0.1) is 23.9 Å². The molecule has 0 N–H and O–H groups in total. The third-order valence-corrected chi connectivity index (χ3v) is 3.47. The summed E-state index contributed by atoms with van der Waals surface area (Å²) in [7, 11) is 0. The molecule has 18 heavy (non-hydrogen) atoms. The van der Waals surface area contributed by atoms with Crippen LogP contribution in [-0.2, 0) is 4.74 Å². The van der Waals surface area contributed by atoms with E-state index in [0.717, 1.165) is 24.1 Å². The molecule has 0 unspecified atom stereocenters. The standard InChI is InChI=1S/C14H11ClFNO/c15-14-11-8-17-13(9-3-5-18-6-4-9)7-10(11)1-2-12(14)16/h1-3,7-8H,4-6H2. The van der Waals surface area contributed by atoms with Crippen LogP contribution >= 0.6 is 11.6 Å². The molecular weight excluding hydrogens is 253 g/mol. The second kappa shape index (κ2) is 4.67. The second-order valence-corrected chi connectivity index (χ2v) is 4.58. The summed E-state index contributed by atoms with van der Waals surface area (Å²) in [6, 6.07) is 5.05. The molecule has 1 aromatic heterocycles. The van der Waals surface area contributed by atoms with Crippen LogP contribution in [0.2, 0.25) is 5.02 Å². The second-order valence-electron chi connectivity index (χ2n) is 4.21. The molecule has 0 amide bonds. The van der Waals surface area contributed by atoms with Crippen LogP contribution in [0.5, 0.6) is 0 Å². The minimum atomic E-state index is -0.413. The number of hydrogen-bond acceptors (Lipinski definition) is 2. The number of fused-ring (bicyclic) bond motifs is 1. The van der Waals surface area contributed by atoms with Gasteiger partial charge < -0.3 is 4.74 Å². The van der Waals surface area contributed by atoms with Gasteiger partial charge in [0, 0.05) is 11.6 Å². The van der Waals surface area contributed by atoms with Gasteiger partial charge in [0.25, 0.3) is 0 Å². The number of hydrogen-bond donors (Lipinski definition) is 0. The number of rotatable bonds is 1. The molecule has 0 aliphatic carbocycles. The van der Waals surface area contributed by atoms with Gasteiger partial charge in [-0.1, -0.05) is 23.7 Å². The van der Waals surface area contributed by atoms with Crippen molar-refractivity contribution in [2.24, 2.45) is 0 Å². The first-order valence-electron chi connectivity index (χ1n) is 5.76. The molecule has 2 heterocycles. The van der Waals surface area contributed by atoms with Crippen molar-refractivity contribution in [3.05, 3.63) is 47.0 Å². The molecule has 1 aliphatic heterocycles. The van der Waals surface area contributed by atoms with Gasteiger partial charge in [-0.3, -0.25) is 4.98 Å². The van der Waals surface area contributed by atoms with Crippen LogP contribution in [0.25, 0.3) is 16.3 Å². The average Bonchev–Trinajstić information content (AvgIpc) is 2.44. The van der Waals surface area contributed by atoms with Crippen molar-refractivity contribution < 1.29 is 9.13 Å². The lowest BCUT2D eigenvalue weighted by atomic mass is 10.0. The Morgan fingerprint density at radius 2 is 2.22 bits per heavy atom. The molecule has 1 aromatic carbocycles. The van der Waals surface area contributed by atoms with Crippen molar-refractivity contribution in [2.45, 2.75) is 6.42 Å². The van der Waals surface area contributed by atoms with Gasteiger partial charge in [0.2, 0.25) is 0 Å². The van der Waals surface area contributed by atoms with Crippen molar-refractivity contribution >= 4 is 27.9 Å². The van der Waals surface area contributed by atoms with Crippen molar-refractivity contribution in [3.8, 4) is 0 Å². The van der Waals surface area contributed by atoms with Crippen LogP contribution in [0.15, 0.2) is 30.5 Å². The lowest BCUT2D eigenvalue weighted by Gasteiger charge is -2.13. The van der Waals surface area contributed by atoms with E-state index in [9.17, 15) is 4.39 Å². The number of pyridine rings is 1. The molecule has 0 saturated carbocycles. The molecule has 2 aromatic rings. The van der Waals surface area contributed by atoms with Crippen LogP contribution in [-0.4, -0.2) is 18.2 Å². The summed E-state index contributed by atoms with van der Waals surface area (Å²) in [4.78, 5) is 4.36. The highest BCUT2D eigenvalue weighted by molar-refractivity contribution is 6.35. The van der Waals surface area contributed by atoms with Gasteiger partial charge in [-0.25, -0.2) is 4.39 Å². The number of benzene rings is 1. The Morgan fingerprint density at radius 1 is 1.33 bits per heavy atom. The summed E-state index contributed by atoms with van der Waals surface area (Å²) < 4.78 is 18.6. The molecule has 0 radical (unpaired) electrons. The van der Waals surface area contributed by atoms with Crippen molar-refractivity contribution in [1.82, 2.24) is 4.98 Å². The first kappa shape index (κ1) is 11.6. The smallest absolute Gasteiger partial charge is 0.142 e. The van der Waals surface area contributed by atoms with Crippen molar-refractivity contribution in [2.75, 3.05) is 13.2 Å². The molecule has 1 aliphatic rings. The van der Waals surface area contributed by atoms with Gasteiger partial charge in [-0.2, -0.15) is 0 Å². The molecule has 0 fully saturated rings. The Morgan fingerprint density at radius 3 is 3.00 bits per heavy atom. The predicted molar refractivity (Wildman–Crippen MR) is 70.1 cm³/mol. The summed E-state index contributed by atoms with van der Waals surface area (Å²) in [6.45, 7) is 1.34. The number of aromatic nitrogens is 1. The monoisotopic (exact) mass is 263 g/mol. The zero-order valence-electron chi connectivity index (χ0n) is 9.62. The summed E-state index contributed by atoms with van der Waals surface area (Å²) in [6.07, 6.45) is 4.52. The van der Waals surface area contributed by atoms with Crippen molar-refractivity contribution in [3.63, 3.8) is 0 Å². The van der Waals surface area contributed by atoms with Gasteiger partial charge in [0.15, 0.2) is 0 Å². The largest absolute Gasteiger partial charge is 0.377 e. The predicted octanol–water partition coefficient (Wildman–Crippen LogP) is 3.83. The average molecular weight is 264 g/mol. The number of nitrogens with zero attached hydrogens (tertiary/aromatic N) is 1. The van der Waals surface area contributed by atoms with E-state index in [1.807, 2.05) is 12.1 Å². The van der Waals surface area contributed by atoms with Crippen LogP contribution in [0.1, 0.15) is 12.1 Å². The summed E-state index contributed by atoms with van der Waals surface area (Å²) in [5, 5.41) is 1.68. The molecule has 0 atom stereocenters. The van der Waals surface area contributed by atoms with Gasteiger partial charge in [-0.05, 0) is 29.5 Å². The summed E-state index contributed by atoms with van der Waals surface area (Å²) in [5.74, 6) is -0.413. The molecule has 3 rings (SSSR count). The first-order chi connectivity index (χ1) is 8.75. The maximum atomic E-state index is 13.3. The van der Waals surface area contributed by atoms with E-state index in [0.29, 0.717) is 12.0 Å². The molecule has 0 saturated heterocycles. The van der Waals surface area contributed by atoms with E-state index in [2.05, 4.69) is 4.98 Å². The quantitative estimate of drug-likeness (QED) is 0.780. The normalized spacial score (nSPS) is 15.8. The van der Waals surface area contributed by atoms with Gasteiger partial charge in [-0.15, -0.1) is 0 Å². The molecule has 0 spiro atoms. The van der Waals surface area contributed by atoms with Gasteiger partial charge in [0.1, 0.15) is 5.82 Å². The number of ether oxygens (including phenoxy) is 1. The third kappa shape index (κ3) is 2.00. The highest BCUT2D eigenvalue weighted by atomic mass is 35.5. The Bertz CT molecular complexity index is 639. The summed E-state index contributed by atoms with van der Waals surface area (Å²) >= 11 is 5.91. The number of halogens is 2. The molecular formula is C14H11ClFNO. The summed E-state index contributed by atoms with van der Waals surface area (Å²) in [5.41, 5.74) is 2.08. The fourth-order valence-corrected chi connectivity index (χ4v) is 2.31.